The highest BCUT2D eigenvalue weighted by atomic mass is 16.5. The monoisotopic (exact) mass is 345 g/mol. The number of benzene rings is 1. The molecule has 0 fully saturated rings. The standard InChI is InChI=1S/C17H19N3O5/c1-11-4-6-20(19-11)7-5-15(21)18-14-9-12(16(22)24-2)8-13(10-14)17(23)25-3/h4,6,8-10H,5,7H2,1-3H3,(H,18,21). The first-order chi connectivity index (χ1) is 11.9. The molecule has 1 heterocycles. The molecule has 0 aliphatic carbocycles. The van der Waals surface area contributed by atoms with Crippen molar-refractivity contribution in [2.24, 2.45) is 0 Å². The summed E-state index contributed by atoms with van der Waals surface area (Å²) in [4.78, 5) is 35.6. The fraction of sp³-hybridized carbons (Fsp3) is 0.294. The molecule has 0 aliphatic heterocycles. The number of carbonyl (C=O) groups is 3. The third-order valence-corrected chi connectivity index (χ3v) is 3.40. The third-order valence-electron chi connectivity index (χ3n) is 3.40. The van der Waals surface area contributed by atoms with Crippen LogP contribution in [0.25, 0.3) is 0 Å². The summed E-state index contributed by atoms with van der Waals surface area (Å²) in [6, 6.07) is 6.07. The number of nitrogens with zero attached hydrogens (tertiary/aromatic N) is 2. The van der Waals surface area contributed by atoms with Crippen molar-refractivity contribution >= 4 is 23.5 Å². The Kier molecular flexibility index (Phi) is 5.89. The molecule has 2 aromatic rings. The maximum Gasteiger partial charge on any atom is 0.337 e. The predicted molar refractivity (Wildman–Crippen MR) is 89.3 cm³/mol. The molecule has 2 rings (SSSR count). The maximum absolute atomic E-state index is 12.1. The molecule has 0 atom stereocenters. The zero-order chi connectivity index (χ0) is 18.4. The van der Waals surface area contributed by atoms with Crippen LogP contribution in [0.1, 0.15) is 32.8 Å². The fourth-order valence-corrected chi connectivity index (χ4v) is 2.20. The first-order valence-electron chi connectivity index (χ1n) is 7.54. The molecule has 0 unspecified atom stereocenters. The van der Waals surface area contributed by atoms with E-state index in [0.29, 0.717) is 12.2 Å². The summed E-state index contributed by atoms with van der Waals surface area (Å²) >= 11 is 0. The summed E-state index contributed by atoms with van der Waals surface area (Å²) in [6.45, 7) is 2.28. The van der Waals surface area contributed by atoms with Gasteiger partial charge in [0.25, 0.3) is 0 Å². The molecule has 8 nitrogen and oxygen atoms in total. The summed E-state index contributed by atoms with van der Waals surface area (Å²) in [6.07, 6.45) is 1.98. The number of anilines is 1. The number of aryl methyl sites for hydroxylation is 2. The zero-order valence-corrected chi connectivity index (χ0v) is 14.2. The topological polar surface area (TPSA) is 99.5 Å². The number of hydrogen-bond donors (Lipinski definition) is 1. The van der Waals surface area contributed by atoms with E-state index in [1.807, 2.05) is 13.0 Å². The molecule has 0 bridgehead atoms. The van der Waals surface area contributed by atoms with E-state index in [2.05, 4.69) is 19.9 Å². The second-order valence-corrected chi connectivity index (χ2v) is 5.30. The van der Waals surface area contributed by atoms with Gasteiger partial charge in [0.2, 0.25) is 5.91 Å². The molecule has 0 radical (unpaired) electrons. The zero-order valence-electron chi connectivity index (χ0n) is 14.2. The van der Waals surface area contributed by atoms with Crippen LogP contribution in [0.2, 0.25) is 0 Å². The van der Waals surface area contributed by atoms with Gasteiger partial charge in [-0.2, -0.15) is 5.10 Å². The van der Waals surface area contributed by atoms with Crippen LogP contribution in [0, 0.1) is 6.92 Å². The fourth-order valence-electron chi connectivity index (χ4n) is 2.20. The van der Waals surface area contributed by atoms with Crippen LogP contribution >= 0.6 is 0 Å². The molecule has 1 N–H and O–H groups in total. The van der Waals surface area contributed by atoms with Crippen LogP contribution < -0.4 is 5.32 Å². The second kappa shape index (κ2) is 8.09. The molecule has 1 aromatic heterocycles. The maximum atomic E-state index is 12.1. The molecule has 132 valence electrons. The quantitative estimate of drug-likeness (QED) is 0.801. The summed E-state index contributed by atoms with van der Waals surface area (Å²) in [5.74, 6) is -1.51. The number of esters is 2. The number of rotatable bonds is 6. The highest BCUT2D eigenvalue weighted by Gasteiger charge is 2.15. The molecule has 1 aromatic carbocycles. The Labute approximate surface area is 144 Å². The van der Waals surface area contributed by atoms with Crippen LogP contribution in [0.15, 0.2) is 30.5 Å². The van der Waals surface area contributed by atoms with E-state index in [1.165, 1.54) is 32.4 Å². The lowest BCUT2D eigenvalue weighted by Crippen LogP contribution is -2.16. The van der Waals surface area contributed by atoms with Gasteiger partial charge >= 0.3 is 11.9 Å². The van der Waals surface area contributed by atoms with Crippen molar-refractivity contribution in [1.29, 1.82) is 0 Å². The van der Waals surface area contributed by atoms with E-state index in [4.69, 9.17) is 0 Å². The van der Waals surface area contributed by atoms with Gasteiger partial charge in [-0.05, 0) is 31.2 Å². The van der Waals surface area contributed by atoms with Crippen LogP contribution in [-0.2, 0) is 20.8 Å². The van der Waals surface area contributed by atoms with Gasteiger partial charge in [0.15, 0.2) is 0 Å². The van der Waals surface area contributed by atoms with E-state index in [0.717, 1.165) is 5.69 Å². The Balaban J connectivity index is 2.12. The van der Waals surface area contributed by atoms with Gasteiger partial charge in [-0.25, -0.2) is 9.59 Å². The highest BCUT2D eigenvalue weighted by Crippen LogP contribution is 2.17. The van der Waals surface area contributed by atoms with Gasteiger partial charge in [0.1, 0.15) is 0 Å². The molecule has 0 spiro atoms. The van der Waals surface area contributed by atoms with Gasteiger partial charge in [0, 0.05) is 24.8 Å². The third kappa shape index (κ3) is 4.90. The van der Waals surface area contributed by atoms with Gasteiger partial charge in [-0.15, -0.1) is 0 Å². The lowest BCUT2D eigenvalue weighted by Gasteiger charge is -2.09. The molecule has 0 aliphatic rings. The first-order valence-corrected chi connectivity index (χ1v) is 7.54. The predicted octanol–water partition coefficient (Wildman–Crippen LogP) is 1.79. The Morgan fingerprint density at radius 2 is 1.68 bits per heavy atom. The van der Waals surface area contributed by atoms with Crippen LogP contribution in [0.4, 0.5) is 5.69 Å². The molecular formula is C17H19N3O5. The number of hydrogen-bond acceptors (Lipinski definition) is 6. The Bertz CT molecular complexity index is 763. The van der Waals surface area contributed by atoms with E-state index < -0.39 is 11.9 Å². The molecule has 1 amide bonds. The summed E-state index contributed by atoms with van der Waals surface area (Å²) < 4.78 is 11.0. The minimum Gasteiger partial charge on any atom is -0.465 e. The Hall–Kier alpha value is -3.16. The highest BCUT2D eigenvalue weighted by molar-refractivity contribution is 5.99. The minimum atomic E-state index is -0.617. The SMILES string of the molecule is COC(=O)c1cc(NC(=O)CCn2ccc(C)n2)cc(C(=O)OC)c1. The average Bonchev–Trinajstić information content (AvgIpc) is 3.03. The number of aromatic nitrogens is 2. The molecular weight excluding hydrogens is 326 g/mol. The number of ether oxygens (including phenoxy) is 2. The number of carbonyl (C=O) groups excluding carboxylic acids is 3. The molecule has 0 saturated carbocycles. The van der Waals surface area contributed by atoms with Crippen LogP contribution in [-0.4, -0.2) is 41.8 Å². The van der Waals surface area contributed by atoms with Crippen LogP contribution in [0.3, 0.4) is 0 Å². The van der Waals surface area contributed by atoms with E-state index in [9.17, 15) is 14.4 Å². The van der Waals surface area contributed by atoms with Crippen molar-refractivity contribution in [1.82, 2.24) is 9.78 Å². The molecule has 8 heteroatoms. The Morgan fingerprint density at radius 3 is 2.16 bits per heavy atom. The van der Waals surface area contributed by atoms with Crippen molar-refractivity contribution < 1.29 is 23.9 Å². The normalized spacial score (nSPS) is 10.2. The second-order valence-electron chi connectivity index (χ2n) is 5.30. The van der Waals surface area contributed by atoms with Crippen LogP contribution in [0.5, 0.6) is 0 Å². The smallest absolute Gasteiger partial charge is 0.337 e. The van der Waals surface area contributed by atoms with Crippen molar-refractivity contribution in [3.8, 4) is 0 Å². The van der Waals surface area contributed by atoms with Gasteiger partial charge in [0.05, 0.1) is 31.0 Å². The summed E-state index contributed by atoms with van der Waals surface area (Å²) in [5.41, 5.74) is 1.46. The lowest BCUT2D eigenvalue weighted by molar-refractivity contribution is -0.116. The average molecular weight is 345 g/mol. The first kappa shape index (κ1) is 18.2. The summed E-state index contributed by atoms with van der Waals surface area (Å²) in [7, 11) is 2.47. The van der Waals surface area contributed by atoms with Gasteiger partial charge in [-0.3, -0.25) is 9.48 Å². The van der Waals surface area contributed by atoms with Crippen molar-refractivity contribution in [2.45, 2.75) is 19.9 Å². The van der Waals surface area contributed by atoms with E-state index in [-0.39, 0.29) is 23.5 Å². The summed E-state index contributed by atoms with van der Waals surface area (Å²) in [5, 5.41) is 6.86. The largest absolute Gasteiger partial charge is 0.465 e. The lowest BCUT2D eigenvalue weighted by atomic mass is 10.1. The number of nitrogens with one attached hydrogen (secondary N) is 1. The van der Waals surface area contributed by atoms with Crippen molar-refractivity contribution in [3.63, 3.8) is 0 Å². The van der Waals surface area contributed by atoms with Gasteiger partial charge < -0.3 is 14.8 Å². The number of methoxy groups -OCH3 is 2. The van der Waals surface area contributed by atoms with E-state index >= 15 is 0 Å². The van der Waals surface area contributed by atoms with Crippen molar-refractivity contribution in [3.05, 3.63) is 47.3 Å². The van der Waals surface area contributed by atoms with Gasteiger partial charge in [-0.1, -0.05) is 0 Å². The van der Waals surface area contributed by atoms with Crippen molar-refractivity contribution in [2.75, 3.05) is 19.5 Å². The molecule has 25 heavy (non-hydrogen) atoms. The minimum absolute atomic E-state index is 0.142. The number of amides is 1. The van der Waals surface area contributed by atoms with E-state index in [1.54, 1.807) is 10.9 Å². The Morgan fingerprint density at radius 1 is 1.08 bits per heavy atom. The molecule has 0 saturated heterocycles.